The molecule has 0 bridgehead atoms. The molecule has 1 N–H and O–H groups in total. The van der Waals surface area contributed by atoms with Crippen molar-refractivity contribution in [3.8, 4) is 11.8 Å². The molecule has 4 aromatic rings. The molecule has 1 aromatic heterocycles. The van der Waals surface area contributed by atoms with Crippen molar-refractivity contribution in [2.45, 2.75) is 13.5 Å². The highest BCUT2D eigenvalue weighted by atomic mass is 16.5. The second kappa shape index (κ2) is 8.50. The first kappa shape index (κ1) is 19.2. The fourth-order valence-corrected chi connectivity index (χ4v) is 3.47. The second-order valence-corrected chi connectivity index (χ2v) is 6.98. The number of benzene rings is 3. The number of carbonyl (C=O) groups is 1. The summed E-state index contributed by atoms with van der Waals surface area (Å²) < 4.78 is 5.96. The molecule has 4 heteroatoms. The van der Waals surface area contributed by atoms with E-state index in [9.17, 15) is 10.1 Å². The third-order valence-corrected chi connectivity index (χ3v) is 4.94. The van der Waals surface area contributed by atoms with Gasteiger partial charge in [0.15, 0.2) is 0 Å². The Bertz CT molecular complexity index is 1280. The van der Waals surface area contributed by atoms with Crippen LogP contribution in [0.15, 0.2) is 84.4 Å². The zero-order valence-electron chi connectivity index (χ0n) is 16.6. The number of fused-ring (bicyclic) bond motifs is 1. The van der Waals surface area contributed by atoms with Gasteiger partial charge in [-0.3, -0.25) is 4.79 Å². The number of nitriles is 1. The van der Waals surface area contributed by atoms with Gasteiger partial charge in [-0.25, -0.2) is 0 Å². The van der Waals surface area contributed by atoms with E-state index in [0.717, 1.165) is 22.2 Å². The van der Waals surface area contributed by atoms with E-state index in [0.29, 0.717) is 23.5 Å². The molecule has 0 saturated carbocycles. The van der Waals surface area contributed by atoms with E-state index in [1.54, 1.807) is 6.08 Å². The van der Waals surface area contributed by atoms with Crippen LogP contribution >= 0.6 is 0 Å². The van der Waals surface area contributed by atoms with Gasteiger partial charge < -0.3 is 9.72 Å². The lowest BCUT2D eigenvalue weighted by molar-refractivity contribution is 0.104. The van der Waals surface area contributed by atoms with Gasteiger partial charge in [0.05, 0.1) is 5.56 Å². The number of rotatable bonds is 6. The van der Waals surface area contributed by atoms with Crippen LogP contribution in [0.1, 0.15) is 27.2 Å². The van der Waals surface area contributed by atoms with Crippen molar-refractivity contribution in [3.63, 3.8) is 0 Å². The number of Topliss-reactive ketones (excluding diaryl/α,β-unsaturated/α-hetero) is 1. The number of H-pyrrole nitrogens is 1. The first-order valence-corrected chi connectivity index (χ1v) is 9.67. The first-order valence-electron chi connectivity index (χ1n) is 9.67. The van der Waals surface area contributed by atoms with Crippen LogP contribution in [0.5, 0.6) is 5.75 Å². The third kappa shape index (κ3) is 3.87. The number of hydrogen-bond acceptors (Lipinski definition) is 3. The molecular formula is C26H20N2O2. The normalized spacial score (nSPS) is 11.3. The van der Waals surface area contributed by atoms with Gasteiger partial charge in [-0.2, -0.15) is 5.26 Å². The predicted octanol–water partition coefficient (Wildman–Crippen LogP) is 5.85. The topological polar surface area (TPSA) is 65.9 Å². The van der Waals surface area contributed by atoms with E-state index in [4.69, 9.17) is 4.74 Å². The number of para-hydroxylation sites is 2. The SMILES string of the molecule is Cc1[nH]c2ccccc2c1C(=O)/C(C#N)=C/c1ccccc1OCc1ccccc1. The van der Waals surface area contributed by atoms with E-state index >= 15 is 0 Å². The number of nitrogens with one attached hydrogen (secondary N) is 1. The van der Waals surface area contributed by atoms with Gasteiger partial charge in [0.25, 0.3) is 0 Å². The summed E-state index contributed by atoms with van der Waals surface area (Å²) in [6.07, 6.45) is 1.60. The minimum atomic E-state index is -0.301. The van der Waals surface area contributed by atoms with Crippen LogP contribution in [0.3, 0.4) is 0 Å². The average molecular weight is 392 g/mol. The number of ether oxygens (including phenoxy) is 1. The molecule has 0 radical (unpaired) electrons. The van der Waals surface area contributed by atoms with Gasteiger partial charge in [-0.15, -0.1) is 0 Å². The zero-order chi connectivity index (χ0) is 20.9. The molecule has 146 valence electrons. The predicted molar refractivity (Wildman–Crippen MR) is 118 cm³/mol. The van der Waals surface area contributed by atoms with E-state index < -0.39 is 0 Å². The maximum absolute atomic E-state index is 13.2. The lowest BCUT2D eigenvalue weighted by Gasteiger charge is -2.10. The summed E-state index contributed by atoms with van der Waals surface area (Å²) in [5.74, 6) is 0.322. The van der Waals surface area contributed by atoms with Crippen LogP contribution in [0, 0.1) is 18.3 Å². The number of nitrogens with zero attached hydrogens (tertiary/aromatic N) is 1. The second-order valence-electron chi connectivity index (χ2n) is 6.98. The Labute approximate surface area is 175 Å². The average Bonchev–Trinajstić information content (AvgIpc) is 3.12. The quantitative estimate of drug-likeness (QED) is 0.254. The smallest absolute Gasteiger partial charge is 0.205 e. The van der Waals surface area contributed by atoms with Crippen molar-refractivity contribution in [2.24, 2.45) is 0 Å². The van der Waals surface area contributed by atoms with Crippen molar-refractivity contribution in [2.75, 3.05) is 0 Å². The van der Waals surface area contributed by atoms with Crippen LogP contribution in [-0.4, -0.2) is 10.8 Å². The maximum Gasteiger partial charge on any atom is 0.205 e. The Morgan fingerprint density at radius 2 is 1.70 bits per heavy atom. The Hall–Kier alpha value is -4.10. The number of aromatic nitrogens is 1. The standard InChI is InChI=1S/C26H20N2O2/c1-18-25(22-12-6-7-13-23(22)28-18)26(29)21(16-27)15-20-11-5-8-14-24(20)30-17-19-9-3-2-4-10-19/h2-15,28H,17H2,1H3/b21-15+. The van der Waals surface area contributed by atoms with Gasteiger partial charge in [-0.1, -0.05) is 66.7 Å². The fourth-order valence-electron chi connectivity index (χ4n) is 3.47. The molecule has 0 unspecified atom stereocenters. The summed E-state index contributed by atoms with van der Waals surface area (Å²) in [6.45, 7) is 2.25. The van der Waals surface area contributed by atoms with Crippen molar-refractivity contribution in [3.05, 3.63) is 107 Å². The molecule has 0 aliphatic carbocycles. The van der Waals surface area contributed by atoms with Crippen molar-refractivity contribution < 1.29 is 9.53 Å². The Morgan fingerprint density at radius 1 is 1.00 bits per heavy atom. The number of aromatic amines is 1. The summed E-state index contributed by atoms with van der Waals surface area (Å²) in [7, 11) is 0. The maximum atomic E-state index is 13.2. The molecular weight excluding hydrogens is 372 g/mol. The summed E-state index contributed by atoms with van der Waals surface area (Å²) >= 11 is 0. The monoisotopic (exact) mass is 392 g/mol. The summed E-state index contributed by atoms with van der Waals surface area (Å²) in [5.41, 5.74) is 3.95. The van der Waals surface area contributed by atoms with Gasteiger partial charge in [0, 0.05) is 22.2 Å². The first-order chi connectivity index (χ1) is 14.7. The van der Waals surface area contributed by atoms with E-state index in [2.05, 4.69) is 11.1 Å². The molecule has 0 atom stereocenters. The highest BCUT2D eigenvalue weighted by Gasteiger charge is 2.20. The number of hydrogen-bond donors (Lipinski definition) is 1. The van der Waals surface area contributed by atoms with Crippen LogP contribution in [0.4, 0.5) is 0 Å². The molecule has 30 heavy (non-hydrogen) atoms. The van der Waals surface area contributed by atoms with Crippen LogP contribution in [-0.2, 0) is 6.61 Å². The molecule has 0 spiro atoms. The van der Waals surface area contributed by atoms with E-state index in [-0.39, 0.29) is 11.4 Å². The number of carbonyl (C=O) groups excluding carboxylic acids is 1. The van der Waals surface area contributed by atoms with E-state index in [1.807, 2.05) is 85.8 Å². The molecule has 4 nitrogen and oxygen atoms in total. The minimum Gasteiger partial charge on any atom is -0.488 e. The molecule has 0 fully saturated rings. The van der Waals surface area contributed by atoms with Gasteiger partial charge in [-0.05, 0) is 30.7 Å². The Morgan fingerprint density at radius 3 is 2.50 bits per heavy atom. The lowest BCUT2D eigenvalue weighted by atomic mass is 9.99. The highest BCUT2D eigenvalue weighted by molar-refractivity contribution is 6.20. The van der Waals surface area contributed by atoms with Gasteiger partial charge in [0.2, 0.25) is 5.78 Å². The van der Waals surface area contributed by atoms with Crippen molar-refractivity contribution in [1.29, 1.82) is 5.26 Å². The van der Waals surface area contributed by atoms with E-state index in [1.165, 1.54) is 0 Å². The van der Waals surface area contributed by atoms with Crippen molar-refractivity contribution >= 4 is 22.8 Å². The summed E-state index contributed by atoms with van der Waals surface area (Å²) in [6, 6.07) is 26.9. The molecule has 0 saturated heterocycles. The number of ketones is 1. The molecule has 3 aromatic carbocycles. The van der Waals surface area contributed by atoms with Gasteiger partial charge >= 0.3 is 0 Å². The zero-order valence-corrected chi connectivity index (χ0v) is 16.6. The molecule has 0 aliphatic rings. The molecule has 0 amide bonds. The number of allylic oxidation sites excluding steroid dienone is 1. The molecule has 0 aliphatic heterocycles. The molecule has 1 heterocycles. The Balaban J connectivity index is 1.67. The molecule has 4 rings (SSSR count). The Kier molecular flexibility index (Phi) is 5.45. The third-order valence-electron chi connectivity index (χ3n) is 4.94. The largest absolute Gasteiger partial charge is 0.488 e. The van der Waals surface area contributed by atoms with Crippen LogP contribution < -0.4 is 4.74 Å². The summed E-state index contributed by atoms with van der Waals surface area (Å²) in [5, 5.41) is 10.5. The fraction of sp³-hybridized carbons (Fsp3) is 0.0769. The lowest BCUT2D eigenvalue weighted by Crippen LogP contribution is -2.04. The summed E-state index contributed by atoms with van der Waals surface area (Å²) in [4.78, 5) is 16.4. The van der Waals surface area contributed by atoms with Crippen molar-refractivity contribution in [1.82, 2.24) is 4.98 Å². The van der Waals surface area contributed by atoms with Crippen LogP contribution in [0.25, 0.3) is 17.0 Å². The number of aryl methyl sites for hydroxylation is 1. The van der Waals surface area contributed by atoms with Gasteiger partial charge in [0.1, 0.15) is 24.0 Å². The highest BCUT2D eigenvalue weighted by Crippen LogP contribution is 2.27. The van der Waals surface area contributed by atoms with Crippen LogP contribution in [0.2, 0.25) is 0 Å². The minimum absolute atomic E-state index is 0.0682.